The Balaban J connectivity index is 1.60. The van der Waals surface area contributed by atoms with Crippen LogP contribution in [0.2, 0.25) is 0 Å². The van der Waals surface area contributed by atoms with E-state index in [1.54, 1.807) is 17.3 Å². The van der Waals surface area contributed by atoms with Crippen molar-refractivity contribution in [2.75, 3.05) is 11.4 Å². The van der Waals surface area contributed by atoms with E-state index in [1.165, 1.54) is 0 Å². The standard InChI is InChI=1S/C22H21N5O/c1-14-11-26(21(28)22(14,13-23)18-3-4-18)19-6-8-25-27-12-17(10-20(19)27)16-5-7-24-15(2)9-16/h5-10,12,14,18H,3-4,11H2,1-2H3/t14-,22+/m1/s1. The van der Waals surface area contributed by atoms with E-state index in [4.69, 9.17) is 0 Å². The van der Waals surface area contributed by atoms with Crippen LogP contribution in [0.4, 0.5) is 5.69 Å². The quantitative estimate of drug-likeness (QED) is 0.705. The summed E-state index contributed by atoms with van der Waals surface area (Å²) in [5, 5.41) is 14.3. The third-order valence-corrected chi connectivity index (χ3v) is 6.25. The highest BCUT2D eigenvalue weighted by molar-refractivity contribution is 6.05. The molecular formula is C22H21N5O. The summed E-state index contributed by atoms with van der Waals surface area (Å²) in [4.78, 5) is 19.4. The number of fused-ring (bicyclic) bond motifs is 1. The molecule has 6 heteroatoms. The predicted molar refractivity (Wildman–Crippen MR) is 105 cm³/mol. The van der Waals surface area contributed by atoms with Crippen molar-refractivity contribution in [1.82, 2.24) is 14.6 Å². The van der Waals surface area contributed by atoms with E-state index in [-0.39, 0.29) is 17.7 Å². The van der Waals surface area contributed by atoms with Crippen LogP contribution in [0, 0.1) is 35.5 Å². The van der Waals surface area contributed by atoms with Gasteiger partial charge in [-0.15, -0.1) is 0 Å². The van der Waals surface area contributed by atoms with Crippen LogP contribution in [0.15, 0.2) is 42.9 Å². The van der Waals surface area contributed by atoms with E-state index >= 15 is 0 Å². The molecule has 1 amide bonds. The van der Waals surface area contributed by atoms with Gasteiger partial charge in [-0.25, -0.2) is 4.52 Å². The van der Waals surface area contributed by atoms with Crippen LogP contribution < -0.4 is 4.90 Å². The fraction of sp³-hybridized carbons (Fsp3) is 0.364. The molecule has 6 nitrogen and oxygen atoms in total. The van der Waals surface area contributed by atoms with Crippen molar-refractivity contribution in [1.29, 1.82) is 5.26 Å². The minimum atomic E-state index is -0.877. The van der Waals surface area contributed by atoms with Crippen molar-refractivity contribution >= 4 is 17.1 Å². The van der Waals surface area contributed by atoms with Crippen LogP contribution in [-0.4, -0.2) is 27.0 Å². The third kappa shape index (κ3) is 2.29. The van der Waals surface area contributed by atoms with E-state index in [0.29, 0.717) is 6.54 Å². The number of amides is 1. The maximum absolute atomic E-state index is 13.4. The lowest BCUT2D eigenvalue weighted by Gasteiger charge is -2.23. The van der Waals surface area contributed by atoms with E-state index in [0.717, 1.165) is 40.9 Å². The number of pyridine rings is 1. The maximum atomic E-state index is 13.4. The van der Waals surface area contributed by atoms with Gasteiger partial charge < -0.3 is 4.90 Å². The van der Waals surface area contributed by atoms with Gasteiger partial charge in [-0.3, -0.25) is 9.78 Å². The van der Waals surface area contributed by atoms with Crippen molar-refractivity contribution in [3.8, 4) is 17.2 Å². The number of carbonyl (C=O) groups is 1. The van der Waals surface area contributed by atoms with Crippen molar-refractivity contribution < 1.29 is 4.79 Å². The lowest BCUT2D eigenvalue weighted by Crippen LogP contribution is -2.37. The van der Waals surface area contributed by atoms with Crippen molar-refractivity contribution in [2.24, 2.45) is 17.3 Å². The molecule has 5 rings (SSSR count). The molecule has 3 aromatic heterocycles. The molecule has 4 heterocycles. The molecule has 2 fully saturated rings. The molecular weight excluding hydrogens is 350 g/mol. The van der Waals surface area contributed by atoms with E-state index < -0.39 is 5.41 Å². The average molecular weight is 371 g/mol. The fourth-order valence-corrected chi connectivity index (χ4v) is 4.62. The number of carbonyl (C=O) groups excluding carboxylic acids is 1. The molecule has 0 unspecified atom stereocenters. The Morgan fingerprint density at radius 2 is 2.04 bits per heavy atom. The Labute approximate surface area is 163 Å². The van der Waals surface area contributed by atoms with Gasteiger partial charge in [-0.05, 0) is 55.5 Å². The third-order valence-electron chi connectivity index (χ3n) is 6.25. The second-order valence-corrected chi connectivity index (χ2v) is 8.03. The van der Waals surface area contributed by atoms with E-state index in [1.807, 2.05) is 42.8 Å². The summed E-state index contributed by atoms with van der Waals surface area (Å²) >= 11 is 0. The van der Waals surface area contributed by atoms with Gasteiger partial charge in [0.2, 0.25) is 5.91 Å². The lowest BCUT2D eigenvalue weighted by molar-refractivity contribution is -0.124. The van der Waals surface area contributed by atoms with Crippen LogP contribution in [0.3, 0.4) is 0 Å². The van der Waals surface area contributed by atoms with E-state index in [9.17, 15) is 10.1 Å². The maximum Gasteiger partial charge on any atom is 0.248 e. The number of nitrogens with zero attached hydrogens (tertiary/aromatic N) is 5. The van der Waals surface area contributed by atoms with Gasteiger partial charge in [0.25, 0.3) is 0 Å². The first-order valence-electron chi connectivity index (χ1n) is 9.68. The summed E-state index contributed by atoms with van der Waals surface area (Å²) in [6.07, 6.45) is 7.42. The molecule has 0 radical (unpaired) electrons. The molecule has 28 heavy (non-hydrogen) atoms. The molecule has 1 saturated carbocycles. The van der Waals surface area contributed by atoms with Crippen LogP contribution in [0.5, 0.6) is 0 Å². The Morgan fingerprint density at radius 3 is 2.75 bits per heavy atom. The molecule has 0 bridgehead atoms. The zero-order chi connectivity index (χ0) is 19.5. The number of anilines is 1. The Bertz CT molecular complexity index is 1140. The first-order valence-corrected chi connectivity index (χ1v) is 9.68. The van der Waals surface area contributed by atoms with Crippen molar-refractivity contribution in [2.45, 2.75) is 26.7 Å². The zero-order valence-corrected chi connectivity index (χ0v) is 16.0. The molecule has 1 aliphatic heterocycles. The van der Waals surface area contributed by atoms with Crippen molar-refractivity contribution in [3.05, 3.63) is 48.5 Å². The largest absolute Gasteiger partial charge is 0.309 e. The summed E-state index contributed by atoms with van der Waals surface area (Å²) in [6.45, 7) is 4.56. The van der Waals surface area contributed by atoms with Gasteiger partial charge >= 0.3 is 0 Å². The van der Waals surface area contributed by atoms with Crippen LogP contribution in [-0.2, 0) is 4.79 Å². The number of nitriles is 1. The van der Waals surface area contributed by atoms with E-state index in [2.05, 4.69) is 22.2 Å². The summed E-state index contributed by atoms with van der Waals surface area (Å²) in [5.41, 5.74) is 3.86. The van der Waals surface area contributed by atoms with Gasteiger partial charge in [0.15, 0.2) is 0 Å². The van der Waals surface area contributed by atoms with Gasteiger partial charge in [0, 0.05) is 42.3 Å². The first-order chi connectivity index (χ1) is 13.5. The summed E-state index contributed by atoms with van der Waals surface area (Å²) < 4.78 is 1.81. The second kappa shape index (κ2) is 5.90. The molecule has 0 N–H and O–H groups in total. The number of aryl methyl sites for hydroxylation is 1. The molecule has 1 aliphatic carbocycles. The summed E-state index contributed by atoms with van der Waals surface area (Å²) in [5.74, 6) is 0.161. The van der Waals surface area contributed by atoms with Crippen LogP contribution in [0.25, 0.3) is 16.6 Å². The van der Waals surface area contributed by atoms with Crippen LogP contribution >= 0.6 is 0 Å². The summed E-state index contributed by atoms with van der Waals surface area (Å²) in [7, 11) is 0. The Morgan fingerprint density at radius 1 is 1.21 bits per heavy atom. The topological polar surface area (TPSA) is 74.3 Å². The predicted octanol–water partition coefficient (Wildman–Crippen LogP) is 3.61. The molecule has 0 aromatic carbocycles. The minimum Gasteiger partial charge on any atom is -0.309 e. The number of hydrogen-bond donors (Lipinski definition) is 0. The normalized spacial score (nSPS) is 24.7. The SMILES string of the molecule is Cc1cc(-c2cc3c(N4C[C@@H](C)[C@@](C#N)(C5CC5)C4=O)ccnn3c2)ccn1. The molecule has 140 valence electrons. The molecule has 2 atom stereocenters. The second-order valence-electron chi connectivity index (χ2n) is 8.03. The number of hydrogen-bond acceptors (Lipinski definition) is 4. The highest BCUT2D eigenvalue weighted by Crippen LogP contribution is 2.54. The summed E-state index contributed by atoms with van der Waals surface area (Å²) in [6, 6.07) is 10.3. The molecule has 1 saturated heterocycles. The Kier molecular flexibility index (Phi) is 3.57. The van der Waals surface area contributed by atoms with Crippen LogP contribution in [0.1, 0.15) is 25.5 Å². The van der Waals surface area contributed by atoms with Gasteiger partial charge in [0.1, 0.15) is 5.41 Å². The van der Waals surface area contributed by atoms with Gasteiger partial charge in [0.05, 0.1) is 17.3 Å². The smallest absolute Gasteiger partial charge is 0.248 e. The lowest BCUT2D eigenvalue weighted by atomic mass is 9.75. The molecule has 2 aliphatic rings. The molecule has 0 spiro atoms. The number of aromatic nitrogens is 3. The Hall–Kier alpha value is -3.20. The average Bonchev–Trinajstić information content (AvgIpc) is 3.38. The highest BCUT2D eigenvalue weighted by atomic mass is 16.2. The number of rotatable bonds is 3. The van der Waals surface area contributed by atoms with Gasteiger partial charge in [-0.1, -0.05) is 6.92 Å². The minimum absolute atomic E-state index is 0.0167. The van der Waals surface area contributed by atoms with Gasteiger partial charge in [-0.2, -0.15) is 10.4 Å². The monoisotopic (exact) mass is 371 g/mol. The first kappa shape index (κ1) is 16.9. The van der Waals surface area contributed by atoms with Crippen molar-refractivity contribution in [3.63, 3.8) is 0 Å². The fourth-order valence-electron chi connectivity index (χ4n) is 4.62. The molecule has 3 aromatic rings. The zero-order valence-electron chi connectivity index (χ0n) is 16.0. The highest BCUT2D eigenvalue weighted by Gasteiger charge is 2.61.